The maximum atomic E-state index is 10.5. The molecule has 0 aliphatic rings. The maximum Gasteiger partial charge on any atom is 0.323 e. The third-order valence-corrected chi connectivity index (χ3v) is 2.28. The zero-order valence-corrected chi connectivity index (χ0v) is 9.08. The first-order valence-corrected chi connectivity index (χ1v) is 4.74. The number of aliphatic carboxylic acids is 1. The number of hydrogen-bond acceptors (Lipinski definition) is 2. The standard InChI is InChI=1S/C8H11BrN2O2/c1-5(2)8-10-3-6(9)11(8)4-7(12)13/h3,5H,4H2,1-2H3,(H,12,13). The predicted molar refractivity (Wildman–Crippen MR) is 51.7 cm³/mol. The van der Waals surface area contributed by atoms with Crippen LogP contribution in [0.5, 0.6) is 0 Å². The molecular weight excluding hydrogens is 236 g/mol. The lowest BCUT2D eigenvalue weighted by molar-refractivity contribution is -0.137. The van der Waals surface area contributed by atoms with Crippen LogP contribution in [-0.4, -0.2) is 20.6 Å². The van der Waals surface area contributed by atoms with Gasteiger partial charge in [0.05, 0.1) is 6.20 Å². The van der Waals surface area contributed by atoms with E-state index < -0.39 is 5.97 Å². The van der Waals surface area contributed by atoms with Crippen LogP contribution < -0.4 is 0 Å². The van der Waals surface area contributed by atoms with Gasteiger partial charge in [-0.3, -0.25) is 4.79 Å². The number of carboxylic acids is 1. The molecule has 0 atom stereocenters. The van der Waals surface area contributed by atoms with Crippen molar-refractivity contribution in [2.45, 2.75) is 26.3 Å². The summed E-state index contributed by atoms with van der Waals surface area (Å²) >= 11 is 3.25. The first-order chi connectivity index (χ1) is 6.02. The van der Waals surface area contributed by atoms with Crippen molar-refractivity contribution < 1.29 is 9.90 Å². The quantitative estimate of drug-likeness (QED) is 0.886. The molecule has 1 N–H and O–H groups in total. The molecule has 0 saturated heterocycles. The summed E-state index contributed by atoms with van der Waals surface area (Å²) in [7, 11) is 0. The Bertz CT molecular complexity index is 320. The number of carbonyl (C=O) groups is 1. The number of halogens is 1. The molecule has 1 aromatic rings. The lowest BCUT2D eigenvalue weighted by Crippen LogP contribution is -2.13. The predicted octanol–water partition coefficient (Wildman–Crippen LogP) is 1.85. The van der Waals surface area contributed by atoms with Crippen molar-refractivity contribution in [1.82, 2.24) is 9.55 Å². The van der Waals surface area contributed by atoms with Crippen LogP contribution in [0.1, 0.15) is 25.6 Å². The molecule has 0 aliphatic carbocycles. The Morgan fingerprint density at radius 1 is 1.77 bits per heavy atom. The summed E-state index contributed by atoms with van der Waals surface area (Å²) in [4.78, 5) is 14.6. The summed E-state index contributed by atoms with van der Waals surface area (Å²) in [5.41, 5.74) is 0. The highest BCUT2D eigenvalue weighted by molar-refractivity contribution is 9.10. The lowest BCUT2D eigenvalue weighted by Gasteiger charge is -2.08. The number of carboxylic acid groups (broad SMARTS) is 1. The molecule has 13 heavy (non-hydrogen) atoms. The van der Waals surface area contributed by atoms with E-state index in [1.807, 2.05) is 13.8 Å². The van der Waals surface area contributed by atoms with Crippen molar-refractivity contribution in [1.29, 1.82) is 0 Å². The molecule has 1 rings (SSSR count). The number of hydrogen-bond donors (Lipinski definition) is 1. The largest absolute Gasteiger partial charge is 0.480 e. The minimum absolute atomic E-state index is 0.0475. The molecule has 0 radical (unpaired) electrons. The average molecular weight is 247 g/mol. The van der Waals surface area contributed by atoms with Gasteiger partial charge in [0, 0.05) is 5.92 Å². The van der Waals surface area contributed by atoms with E-state index in [1.54, 1.807) is 10.8 Å². The van der Waals surface area contributed by atoms with Gasteiger partial charge in [0.15, 0.2) is 0 Å². The zero-order chi connectivity index (χ0) is 10.0. The van der Waals surface area contributed by atoms with Crippen molar-refractivity contribution in [2.24, 2.45) is 0 Å². The number of rotatable bonds is 3. The molecular formula is C8H11BrN2O2. The van der Waals surface area contributed by atoms with Crippen molar-refractivity contribution >= 4 is 21.9 Å². The Balaban J connectivity index is 3.01. The molecule has 0 bridgehead atoms. The molecule has 0 spiro atoms. The lowest BCUT2D eigenvalue weighted by atomic mass is 10.2. The van der Waals surface area contributed by atoms with Crippen molar-refractivity contribution in [3.05, 3.63) is 16.6 Å². The number of nitrogens with zero attached hydrogens (tertiary/aromatic N) is 2. The van der Waals surface area contributed by atoms with Gasteiger partial charge < -0.3 is 9.67 Å². The molecule has 0 saturated carbocycles. The molecule has 0 aliphatic heterocycles. The molecule has 1 heterocycles. The summed E-state index contributed by atoms with van der Waals surface area (Å²) in [6.45, 7) is 3.91. The van der Waals surface area contributed by atoms with Crippen LogP contribution in [0.25, 0.3) is 0 Å². The average Bonchev–Trinajstić information content (AvgIpc) is 2.32. The highest BCUT2D eigenvalue weighted by Gasteiger charge is 2.13. The Morgan fingerprint density at radius 2 is 2.38 bits per heavy atom. The highest BCUT2D eigenvalue weighted by Crippen LogP contribution is 2.18. The highest BCUT2D eigenvalue weighted by atomic mass is 79.9. The van der Waals surface area contributed by atoms with Gasteiger partial charge in [-0.25, -0.2) is 4.98 Å². The Morgan fingerprint density at radius 3 is 2.85 bits per heavy atom. The minimum atomic E-state index is -0.861. The van der Waals surface area contributed by atoms with Crippen LogP contribution in [0.3, 0.4) is 0 Å². The maximum absolute atomic E-state index is 10.5. The van der Waals surface area contributed by atoms with Crippen LogP contribution in [0.4, 0.5) is 0 Å². The topological polar surface area (TPSA) is 55.1 Å². The first-order valence-electron chi connectivity index (χ1n) is 3.95. The van der Waals surface area contributed by atoms with E-state index in [-0.39, 0.29) is 12.5 Å². The summed E-state index contributed by atoms with van der Waals surface area (Å²) in [5.74, 6) is 0.153. The van der Waals surface area contributed by atoms with E-state index in [4.69, 9.17) is 5.11 Å². The summed E-state index contributed by atoms with van der Waals surface area (Å²) in [6, 6.07) is 0. The second kappa shape index (κ2) is 3.91. The normalized spacial score (nSPS) is 10.8. The van der Waals surface area contributed by atoms with E-state index in [0.717, 1.165) is 5.82 Å². The molecule has 4 nitrogen and oxygen atoms in total. The monoisotopic (exact) mass is 246 g/mol. The Labute approximate surface area is 84.7 Å². The second-order valence-corrected chi connectivity index (χ2v) is 3.89. The Hall–Kier alpha value is -0.840. The summed E-state index contributed by atoms with van der Waals surface area (Å²) in [5, 5.41) is 8.65. The van der Waals surface area contributed by atoms with Crippen LogP contribution in [0.15, 0.2) is 10.8 Å². The van der Waals surface area contributed by atoms with Gasteiger partial charge in [0.1, 0.15) is 17.0 Å². The molecule has 0 amide bonds. The first kappa shape index (κ1) is 10.2. The van der Waals surface area contributed by atoms with E-state index in [0.29, 0.717) is 4.60 Å². The van der Waals surface area contributed by atoms with E-state index >= 15 is 0 Å². The van der Waals surface area contributed by atoms with Crippen molar-refractivity contribution in [3.8, 4) is 0 Å². The van der Waals surface area contributed by atoms with Gasteiger partial charge >= 0.3 is 5.97 Å². The molecule has 0 fully saturated rings. The Kier molecular flexibility index (Phi) is 3.08. The van der Waals surface area contributed by atoms with Crippen LogP contribution >= 0.6 is 15.9 Å². The summed E-state index contributed by atoms with van der Waals surface area (Å²) < 4.78 is 2.35. The smallest absolute Gasteiger partial charge is 0.323 e. The third-order valence-electron chi connectivity index (χ3n) is 1.65. The van der Waals surface area contributed by atoms with E-state index in [1.165, 1.54) is 0 Å². The van der Waals surface area contributed by atoms with E-state index in [2.05, 4.69) is 20.9 Å². The van der Waals surface area contributed by atoms with Gasteiger partial charge in [-0.1, -0.05) is 13.8 Å². The molecule has 5 heteroatoms. The van der Waals surface area contributed by atoms with E-state index in [9.17, 15) is 4.79 Å². The molecule has 0 aromatic carbocycles. The number of aromatic nitrogens is 2. The van der Waals surface area contributed by atoms with Crippen LogP contribution in [0.2, 0.25) is 0 Å². The summed E-state index contributed by atoms with van der Waals surface area (Å²) in [6.07, 6.45) is 1.62. The SMILES string of the molecule is CC(C)c1ncc(Br)n1CC(=O)O. The minimum Gasteiger partial charge on any atom is -0.480 e. The van der Waals surface area contributed by atoms with Crippen molar-refractivity contribution in [2.75, 3.05) is 0 Å². The van der Waals surface area contributed by atoms with Crippen molar-refractivity contribution in [3.63, 3.8) is 0 Å². The molecule has 1 aromatic heterocycles. The fourth-order valence-electron chi connectivity index (χ4n) is 1.12. The second-order valence-electron chi connectivity index (χ2n) is 3.07. The fourth-order valence-corrected chi connectivity index (χ4v) is 1.53. The van der Waals surface area contributed by atoms with Gasteiger partial charge in [-0.2, -0.15) is 0 Å². The third kappa shape index (κ3) is 2.30. The zero-order valence-electron chi connectivity index (χ0n) is 7.49. The van der Waals surface area contributed by atoms with Gasteiger partial charge in [0.2, 0.25) is 0 Å². The molecule has 72 valence electrons. The van der Waals surface area contributed by atoms with Crippen LogP contribution in [-0.2, 0) is 11.3 Å². The van der Waals surface area contributed by atoms with Gasteiger partial charge in [-0.05, 0) is 15.9 Å². The fraction of sp³-hybridized carbons (Fsp3) is 0.500. The van der Waals surface area contributed by atoms with Crippen LogP contribution in [0, 0.1) is 0 Å². The van der Waals surface area contributed by atoms with Gasteiger partial charge in [0.25, 0.3) is 0 Å². The number of imidazole rings is 1. The van der Waals surface area contributed by atoms with Gasteiger partial charge in [-0.15, -0.1) is 0 Å². The molecule has 0 unspecified atom stereocenters.